The molecule has 0 aliphatic carbocycles. The molecule has 9 heteroatoms. The number of benzene rings is 1. The predicted molar refractivity (Wildman–Crippen MR) is 92.0 cm³/mol. The van der Waals surface area contributed by atoms with Gasteiger partial charge in [-0.05, 0) is 18.2 Å². The molecule has 0 atom stereocenters. The number of hydrogen-bond donors (Lipinski definition) is 0. The molecule has 0 saturated carbocycles. The number of nitrogens with zero attached hydrogens (tertiary/aromatic N) is 3. The fraction of sp³-hybridized carbons (Fsp3) is 0.200. The van der Waals surface area contributed by atoms with Crippen molar-refractivity contribution in [3.63, 3.8) is 0 Å². The summed E-state index contributed by atoms with van der Waals surface area (Å²) in [5.74, 6) is -0.512. The zero-order chi connectivity index (χ0) is 16.7. The molecule has 24 heavy (non-hydrogen) atoms. The summed E-state index contributed by atoms with van der Waals surface area (Å²) in [6.45, 7) is 1.16. The highest BCUT2D eigenvalue weighted by molar-refractivity contribution is 7.22. The molecular weight excluding hydrogens is 350 g/mol. The summed E-state index contributed by atoms with van der Waals surface area (Å²) in [6, 6.07) is 10.7. The van der Waals surface area contributed by atoms with Crippen LogP contribution in [-0.4, -0.2) is 35.1 Å². The van der Waals surface area contributed by atoms with Crippen LogP contribution in [0.15, 0.2) is 36.4 Å². The Morgan fingerprint density at radius 3 is 2.75 bits per heavy atom. The summed E-state index contributed by atoms with van der Waals surface area (Å²) in [6.07, 6.45) is -0.217. The number of fused-ring (bicyclic) bond motifs is 1. The van der Waals surface area contributed by atoms with Crippen molar-refractivity contribution in [2.45, 2.75) is 6.10 Å². The van der Waals surface area contributed by atoms with Gasteiger partial charge in [-0.25, -0.2) is 9.78 Å². The van der Waals surface area contributed by atoms with Gasteiger partial charge in [-0.2, -0.15) is 0 Å². The fourth-order valence-corrected chi connectivity index (χ4v) is 4.10. The number of carbonyl (C=O) groups is 1. The number of thiazole rings is 1. The second-order valence-corrected chi connectivity index (χ2v) is 7.36. The Balaban J connectivity index is 1.37. The van der Waals surface area contributed by atoms with Gasteiger partial charge in [0, 0.05) is 6.07 Å². The van der Waals surface area contributed by atoms with E-state index < -0.39 is 10.9 Å². The van der Waals surface area contributed by atoms with Crippen molar-refractivity contribution in [1.29, 1.82) is 0 Å². The average molecular weight is 361 g/mol. The third-order valence-corrected chi connectivity index (χ3v) is 5.76. The Morgan fingerprint density at radius 1 is 1.25 bits per heavy atom. The zero-order valence-electron chi connectivity index (χ0n) is 12.2. The molecule has 0 unspecified atom stereocenters. The van der Waals surface area contributed by atoms with E-state index in [0.29, 0.717) is 13.1 Å². The fourth-order valence-electron chi connectivity index (χ4n) is 2.41. The summed E-state index contributed by atoms with van der Waals surface area (Å²) in [5.41, 5.74) is 0.962. The molecule has 122 valence electrons. The van der Waals surface area contributed by atoms with E-state index in [1.807, 2.05) is 24.3 Å². The molecule has 1 aromatic carbocycles. The third kappa shape index (κ3) is 2.72. The molecule has 0 radical (unpaired) electrons. The van der Waals surface area contributed by atoms with Crippen molar-refractivity contribution in [2.24, 2.45) is 0 Å². The van der Waals surface area contributed by atoms with Crippen molar-refractivity contribution in [3.05, 3.63) is 51.4 Å². The first-order valence-corrected chi connectivity index (χ1v) is 8.79. The minimum Gasteiger partial charge on any atom is -0.454 e. The molecule has 0 bridgehead atoms. The van der Waals surface area contributed by atoms with Gasteiger partial charge in [0.1, 0.15) is 11.0 Å². The van der Waals surface area contributed by atoms with Crippen LogP contribution in [0.25, 0.3) is 10.2 Å². The van der Waals surface area contributed by atoms with Gasteiger partial charge in [-0.1, -0.05) is 34.8 Å². The smallest absolute Gasteiger partial charge is 0.348 e. The van der Waals surface area contributed by atoms with Crippen LogP contribution in [0.5, 0.6) is 0 Å². The molecule has 0 spiro atoms. The molecule has 0 amide bonds. The van der Waals surface area contributed by atoms with Gasteiger partial charge in [0.05, 0.1) is 28.2 Å². The highest BCUT2D eigenvalue weighted by Gasteiger charge is 2.33. The van der Waals surface area contributed by atoms with Gasteiger partial charge in [0.25, 0.3) is 0 Å². The van der Waals surface area contributed by atoms with E-state index in [1.165, 1.54) is 12.1 Å². The zero-order valence-corrected chi connectivity index (χ0v) is 13.9. The highest BCUT2D eigenvalue weighted by Crippen LogP contribution is 2.32. The summed E-state index contributed by atoms with van der Waals surface area (Å²) in [7, 11) is 0. The van der Waals surface area contributed by atoms with Crippen molar-refractivity contribution < 1.29 is 14.5 Å². The average Bonchev–Trinajstić information content (AvgIpc) is 3.16. The lowest BCUT2D eigenvalue weighted by Gasteiger charge is -2.37. The summed E-state index contributed by atoms with van der Waals surface area (Å²) < 4.78 is 6.50. The third-order valence-electron chi connectivity index (χ3n) is 3.65. The number of anilines is 1. The number of esters is 1. The quantitative estimate of drug-likeness (QED) is 0.403. The largest absolute Gasteiger partial charge is 0.454 e. The number of nitro groups is 1. The predicted octanol–water partition coefficient (Wildman–Crippen LogP) is 3.31. The maximum atomic E-state index is 12.0. The molecule has 2 aromatic heterocycles. The monoisotopic (exact) mass is 361 g/mol. The molecule has 4 rings (SSSR count). The number of ether oxygens (including phenoxy) is 1. The van der Waals surface area contributed by atoms with Crippen molar-refractivity contribution in [3.8, 4) is 0 Å². The Morgan fingerprint density at radius 2 is 2.04 bits per heavy atom. The second kappa shape index (κ2) is 5.84. The SMILES string of the molecule is O=C(OC1CN(c2nc3ccccc3s2)C1)c1ccc([N+](=O)[O-])s1. The van der Waals surface area contributed by atoms with Crippen LogP contribution >= 0.6 is 22.7 Å². The number of thiophene rings is 1. The first-order chi connectivity index (χ1) is 11.6. The van der Waals surface area contributed by atoms with E-state index in [9.17, 15) is 14.9 Å². The molecule has 1 fully saturated rings. The van der Waals surface area contributed by atoms with Crippen LogP contribution in [0.2, 0.25) is 0 Å². The van der Waals surface area contributed by atoms with Gasteiger partial charge < -0.3 is 9.64 Å². The van der Waals surface area contributed by atoms with Gasteiger partial charge in [0.2, 0.25) is 0 Å². The van der Waals surface area contributed by atoms with Gasteiger partial charge in [0.15, 0.2) is 5.13 Å². The van der Waals surface area contributed by atoms with Gasteiger partial charge in [-0.15, -0.1) is 0 Å². The van der Waals surface area contributed by atoms with E-state index in [2.05, 4.69) is 9.88 Å². The lowest BCUT2D eigenvalue weighted by atomic mass is 10.2. The maximum Gasteiger partial charge on any atom is 0.348 e. The lowest BCUT2D eigenvalue weighted by Crippen LogP contribution is -2.53. The standard InChI is InChI=1S/C15H11N3O4S2/c19-14(12-5-6-13(23-12)18(20)21)22-9-7-17(8-9)15-16-10-3-1-2-4-11(10)24-15/h1-6,9H,7-8H2. The van der Waals surface area contributed by atoms with Gasteiger partial charge in [-0.3, -0.25) is 10.1 Å². The molecule has 1 aliphatic heterocycles. The molecule has 3 aromatic rings. The van der Waals surface area contributed by atoms with E-state index in [0.717, 1.165) is 26.7 Å². The maximum absolute atomic E-state index is 12.0. The van der Waals surface area contributed by atoms with Crippen LogP contribution in [0.3, 0.4) is 0 Å². The van der Waals surface area contributed by atoms with Crippen LogP contribution in [0.4, 0.5) is 10.1 Å². The van der Waals surface area contributed by atoms with Crippen molar-refractivity contribution >= 4 is 49.0 Å². The first kappa shape index (κ1) is 15.0. The minimum absolute atomic E-state index is 0.0633. The van der Waals surface area contributed by atoms with Crippen LogP contribution < -0.4 is 4.90 Å². The minimum atomic E-state index is -0.514. The Bertz CT molecular complexity index is 897. The number of rotatable bonds is 4. The van der Waals surface area contributed by atoms with Crippen LogP contribution in [0.1, 0.15) is 9.67 Å². The van der Waals surface area contributed by atoms with Crippen molar-refractivity contribution in [1.82, 2.24) is 4.98 Å². The number of hydrogen-bond acceptors (Lipinski definition) is 8. The normalized spacial score (nSPS) is 14.6. The highest BCUT2D eigenvalue weighted by atomic mass is 32.1. The Hall–Kier alpha value is -2.52. The summed E-state index contributed by atoms with van der Waals surface area (Å²) >= 11 is 2.43. The number of aromatic nitrogens is 1. The van der Waals surface area contributed by atoms with Crippen LogP contribution in [0, 0.1) is 10.1 Å². The number of para-hydroxylation sites is 1. The molecule has 3 heterocycles. The summed E-state index contributed by atoms with van der Waals surface area (Å²) in [5, 5.41) is 11.5. The van der Waals surface area contributed by atoms with E-state index in [4.69, 9.17) is 4.74 Å². The van der Waals surface area contributed by atoms with E-state index in [1.54, 1.807) is 11.3 Å². The second-order valence-electron chi connectivity index (χ2n) is 5.29. The number of carbonyl (C=O) groups excluding carboxylic acids is 1. The van der Waals surface area contributed by atoms with E-state index in [-0.39, 0.29) is 16.0 Å². The molecule has 1 saturated heterocycles. The molecular formula is C15H11N3O4S2. The topological polar surface area (TPSA) is 85.6 Å². The van der Waals surface area contributed by atoms with E-state index >= 15 is 0 Å². The van der Waals surface area contributed by atoms with Crippen molar-refractivity contribution in [2.75, 3.05) is 18.0 Å². The van der Waals surface area contributed by atoms with Gasteiger partial charge >= 0.3 is 11.0 Å². The molecule has 0 N–H and O–H groups in total. The lowest BCUT2D eigenvalue weighted by molar-refractivity contribution is -0.380. The Kier molecular flexibility index (Phi) is 3.66. The first-order valence-electron chi connectivity index (χ1n) is 7.16. The molecule has 1 aliphatic rings. The van der Waals surface area contributed by atoms with Crippen LogP contribution in [-0.2, 0) is 4.74 Å². The summed E-state index contributed by atoms with van der Waals surface area (Å²) in [4.78, 5) is 29.0. The Labute approximate surface area is 144 Å². The molecule has 7 nitrogen and oxygen atoms in total.